The fourth-order valence-electron chi connectivity index (χ4n) is 3.00. The lowest BCUT2D eigenvalue weighted by molar-refractivity contribution is 0.700. The Balaban J connectivity index is 1.80. The highest BCUT2D eigenvalue weighted by molar-refractivity contribution is 7.19. The lowest BCUT2D eigenvalue weighted by atomic mass is 9.97. The van der Waals surface area contributed by atoms with Crippen LogP contribution in [-0.2, 0) is 12.8 Å². The smallest absolute Gasteiger partial charge is 0.142 e. The molecule has 7 heteroatoms. The van der Waals surface area contributed by atoms with Gasteiger partial charge in [0.2, 0.25) is 0 Å². The molecule has 4 N–H and O–H groups in total. The Morgan fingerprint density at radius 1 is 1.22 bits per heavy atom. The second-order valence-electron chi connectivity index (χ2n) is 5.58. The maximum absolute atomic E-state index is 7.40. The predicted molar refractivity (Wildman–Crippen MR) is 93.9 cm³/mol. The normalized spacial score (nSPS) is 13.7. The molecule has 0 saturated carbocycles. The molecule has 23 heavy (non-hydrogen) atoms. The maximum atomic E-state index is 7.40. The molecule has 4 rings (SSSR count). The number of fused-ring (bicyclic) bond motifs is 3. The highest BCUT2D eigenvalue weighted by Crippen LogP contribution is 2.38. The van der Waals surface area contributed by atoms with Gasteiger partial charge in [0.05, 0.1) is 17.3 Å². The Morgan fingerprint density at radius 2 is 2.09 bits per heavy atom. The van der Waals surface area contributed by atoms with E-state index in [4.69, 9.17) is 11.1 Å². The van der Waals surface area contributed by atoms with Gasteiger partial charge in [-0.25, -0.2) is 15.0 Å². The minimum atomic E-state index is 0.353. The van der Waals surface area contributed by atoms with Crippen LogP contribution in [0.5, 0.6) is 0 Å². The van der Waals surface area contributed by atoms with Gasteiger partial charge < -0.3 is 16.5 Å². The summed E-state index contributed by atoms with van der Waals surface area (Å²) in [5.41, 5.74) is 8.49. The summed E-state index contributed by atoms with van der Waals surface area (Å²) < 4.78 is 0. The van der Waals surface area contributed by atoms with Crippen molar-refractivity contribution in [1.29, 1.82) is 5.41 Å². The van der Waals surface area contributed by atoms with Crippen molar-refractivity contribution < 1.29 is 0 Å². The molecule has 0 unspecified atom stereocenters. The van der Waals surface area contributed by atoms with Crippen LogP contribution in [0.25, 0.3) is 10.2 Å². The number of thiophene rings is 1. The topological polar surface area (TPSA) is 101 Å². The van der Waals surface area contributed by atoms with Crippen molar-refractivity contribution in [3.63, 3.8) is 0 Å². The van der Waals surface area contributed by atoms with Gasteiger partial charge in [-0.15, -0.1) is 11.3 Å². The van der Waals surface area contributed by atoms with E-state index >= 15 is 0 Å². The number of aryl methyl sites for hydroxylation is 2. The largest absolute Gasteiger partial charge is 0.383 e. The van der Waals surface area contributed by atoms with Crippen molar-refractivity contribution in [2.45, 2.75) is 25.7 Å². The average Bonchev–Trinajstić information content (AvgIpc) is 2.96. The van der Waals surface area contributed by atoms with Crippen LogP contribution in [0, 0.1) is 5.41 Å². The molecule has 0 aliphatic heterocycles. The Kier molecular flexibility index (Phi) is 3.42. The molecular formula is C16H16N6S. The minimum Gasteiger partial charge on any atom is -0.383 e. The van der Waals surface area contributed by atoms with Crippen LogP contribution in [0.4, 0.5) is 17.3 Å². The van der Waals surface area contributed by atoms with Crippen LogP contribution in [-0.4, -0.2) is 21.2 Å². The monoisotopic (exact) mass is 324 g/mol. The molecule has 1 aliphatic carbocycles. The summed E-state index contributed by atoms with van der Waals surface area (Å²) in [6.45, 7) is 0. The Labute approximate surface area is 137 Å². The van der Waals surface area contributed by atoms with Crippen LogP contribution in [0.2, 0.25) is 0 Å². The van der Waals surface area contributed by atoms with E-state index < -0.39 is 0 Å². The number of hydrogen-bond donors (Lipinski definition) is 3. The third kappa shape index (κ3) is 2.43. The molecule has 0 amide bonds. The van der Waals surface area contributed by atoms with E-state index in [1.54, 1.807) is 23.9 Å². The van der Waals surface area contributed by atoms with Crippen LogP contribution >= 0.6 is 11.3 Å². The summed E-state index contributed by atoms with van der Waals surface area (Å²) in [5, 5.41) is 11.8. The molecular weight excluding hydrogens is 308 g/mol. The highest BCUT2D eigenvalue weighted by atomic mass is 32.1. The predicted octanol–water partition coefficient (Wildman–Crippen LogP) is 3.29. The first-order valence-corrected chi connectivity index (χ1v) is 8.36. The zero-order chi connectivity index (χ0) is 15.8. The van der Waals surface area contributed by atoms with E-state index in [0.29, 0.717) is 11.4 Å². The van der Waals surface area contributed by atoms with Crippen molar-refractivity contribution in [1.82, 2.24) is 15.0 Å². The second kappa shape index (κ2) is 5.58. The van der Waals surface area contributed by atoms with Gasteiger partial charge >= 0.3 is 0 Å². The summed E-state index contributed by atoms with van der Waals surface area (Å²) in [5.74, 6) is 1.16. The highest BCUT2D eigenvalue weighted by Gasteiger charge is 2.20. The van der Waals surface area contributed by atoms with Gasteiger partial charge in [0.15, 0.2) is 0 Å². The molecule has 0 atom stereocenters. The molecule has 1 aliphatic rings. The molecule has 116 valence electrons. The average molecular weight is 324 g/mol. The van der Waals surface area contributed by atoms with Crippen molar-refractivity contribution in [3.8, 4) is 0 Å². The quantitative estimate of drug-likeness (QED) is 0.642. The lowest BCUT2D eigenvalue weighted by Crippen LogP contribution is -2.02. The number of nitrogens with one attached hydrogen (secondary N) is 2. The van der Waals surface area contributed by atoms with E-state index in [-0.39, 0.29) is 0 Å². The van der Waals surface area contributed by atoms with Gasteiger partial charge in [-0.1, -0.05) is 0 Å². The molecule has 0 radical (unpaired) electrons. The minimum absolute atomic E-state index is 0.353. The molecule has 0 spiro atoms. The molecule has 3 aromatic heterocycles. The maximum Gasteiger partial charge on any atom is 0.142 e. The zero-order valence-corrected chi connectivity index (χ0v) is 13.3. The number of aromatic nitrogens is 3. The summed E-state index contributed by atoms with van der Waals surface area (Å²) in [4.78, 5) is 15.5. The van der Waals surface area contributed by atoms with Crippen LogP contribution < -0.4 is 11.1 Å². The number of nitrogens with two attached hydrogens (primary N) is 1. The molecule has 0 fully saturated rings. The van der Waals surface area contributed by atoms with E-state index in [9.17, 15) is 0 Å². The number of anilines is 3. The number of nitrogens with zero attached hydrogens (tertiary/aromatic N) is 3. The number of nitrogen functional groups attached to an aromatic ring is 1. The Hall–Kier alpha value is -2.54. The SMILES string of the molecule is N=Cc1cc(Nc2ncnc3sc4c(c23)CCCC4)cnc1N. The van der Waals surface area contributed by atoms with Gasteiger partial charge in [0.25, 0.3) is 0 Å². The van der Waals surface area contributed by atoms with E-state index in [1.165, 1.54) is 29.5 Å². The van der Waals surface area contributed by atoms with Crippen molar-refractivity contribution in [2.75, 3.05) is 11.1 Å². The van der Waals surface area contributed by atoms with E-state index in [1.807, 2.05) is 6.07 Å². The standard InChI is InChI=1S/C16H16N6S/c17-6-9-5-10(7-19-14(9)18)22-15-13-11-3-1-2-4-12(11)23-16(13)21-8-20-15/h5-8,17H,1-4H2,(H2,18,19)(H,20,21,22). The third-order valence-corrected chi connectivity index (χ3v) is 5.32. The van der Waals surface area contributed by atoms with Crippen LogP contribution in [0.1, 0.15) is 28.8 Å². The molecule has 3 aromatic rings. The van der Waals surface area contributed by atoms with Gasteiger partial charge in [-0.3, -0.25) is 0 Å². The van der Waals surface area contributed by atoms with Gasteiger partial charge in [0.1, 0.15) is 22.8 Å². The number of hydrogen-bond acceptors (Lipinski definition) is 7. The number of rotatable bonds is 3. The zero-order valence-electron chi connectivity index (χ0n) is 12.5. The van der Waals surface area contributed by atoms with Crippen molar-refractivity contribution in [3.05, 3.63) is 34.6 Å². The molecule has 0 aromatic carbocycles. The first kappa shape index (κ1) is 14.1. The van der Waals surface area contributed by atoms with Crippen LogP contribution in [0.3, 0.4) is 0 Å². The first-order valence-electron chi connectivity index (χ1n) is 7.54. The number of pyridine rings is 1. The van der Waals surface area contributed by atoms with Gasteiger partial charge in [-0.05, 0) is 37.3 Å². The van der Waals surface area contributed by atoms with Crippen LogP contribution in [0.15, 0.2) is 18.6 Å². The second-order valence-corrected chi connectivity index (χ2v) is 6.66. The summed E-state index contributed by atoms with van der Waals surface area (Å²) in [6.07, 6.45) is 9.15. The van der Waals surface area contributed by atoms with Crippen molar-refractivity contribution in [2.24, 2.45) is 0 Å². The van der Waals surface area contributed by atoms with Gasteiger partial charge in [0, 0.05) is 16.7 Å². The summed E-state index contributed by atoms with van der Waals surface area (Å²) in [7, 11) is 0. The summed E-state index contributed by atoms with van der Waals surface area (Å²) in [6, 6.07) is 1.81. The Morgan fingerprint density at radius 3 is 2.96 bits per heavy atom. The van der Waals surface area contributed by atoms with E-state index in [0.717, 1.165) is 34.6 Å². The summed E-state index contributed by atoms with van der Waals surface area (Å²) >= 11 is 1.77. The fourth-order valence-corrected chi connectivity index (χ4v) is 4.23. The van der Waals surface area contributed by atoms with Gasteiger partial charge in [-0.2, -0.15) is 0 Å². The van der Waals surface area contributed by atoms with Crippen molar-refractivity contribution >= 4 is 45.1 Å². The molecule has 0 bridgehead atoms. The molecule has 6 nitrogen and oxygen atoms in total. The fraction of sp³-hybridized carbons (Fsp3) is 0.250. The first-order chi connectivity index (χ1) is 11.3. The molecule has 0 saturated heterocycles. The third-order valence-electron chi connectivity index (χ3n) is 4.12. The lowest BCUT2D eigenvalue weighted by Gasteiger charge is -2.12. The van der Waals surface area contributed by atoms with E-state index in [2.05, 4.69) is 20.3 Å². The Bertz CT molecular complexity index is 901. The molecule has 3 heterocycles.